The van der Waals surface area contributed by atoms with Crippen LogP contribution in [0.25, 0.3) is 0 Å². The molecule has 0 bridgehead atoms. The summed E-state index contributed by atoms with van der Waals surface area (Å²) < 4.78 is 26.9. The summed E-state index contributed by atoms with van der Waals surface area (Å²) in [6.07, 6.45) is 3.25. The summed E-state index contributed by atoms with van der Waals surface area (Å²) in [5, 5.41) is 1.78. The molecule has 2 aliphatic heterocycles. The number of benzene rings is 1. The van der Waals surface area contributed by atoms with E-state index in [4.69, 9.17) is 16.2 Å². The van der Waals surface area contributed by atoms with Crippen LogP contribution in [0.1, 0.15) is 22.3 Å². The second kappa shape index (κ2) is 9.09. The number of fused-ring (bicyclic) bond motifs is 2. The van der Waals surface area contributed by atoms with Gasteiger partial charge in [-0.05, 0) is 30.5 Å². The molecule has 0 aromatic heterocycles. The van der Waals surface area contributed by atoms with E-state index < -0.39 is 40.4 Å². The summed E-state index contributed by atoms with van der Waals surface area (Å²) in [6.45, 7) is 1.65. The van der Waals surface area contributed by atoms with Gasteiger partial charge in [0, 0.05) is 12.3 Å². The Morgan fingerprint density at radius 1 is 1.38 bits per heavy atom. The van der Waals surface area contributed by atoms with Gasteiger partial charge in [0.05, 0.1) is 17.3 Å². The van der Waals surface area contributed by atoms with Crippen LogP contribution in [-0.2, 0) is 15.9 Å². The maximum absolute atomic E-state index is 13.1. The smallest absolute Gasteiger partial charge is 0.408 e. The van der Waals surface area contributed by atoms with Crippen molar-refractivity contribution >= 4 is 34.7 Å². The molecule has 3 amide bonds. The van der Waals surface area contributed by atoms with Crippen LogP contribution < -0.4 is 51.1 Å². The average Bonchev–Trinajstić information content (AvgIpc) is 2.98. The van der Waals surface area contributed by atoms with Crippen molar-refractivity contribution in [2.24, 2.45) is 11.5 Å². The Bertz CT molecular complexity index is 963. The summed E-state index contributed by atoms with van der Waals surface area (Å²) in [5.74, 6) is -1.09. The number of primary amides is 2. The third-order valence-corrected chi connectivity index (χ3v) is 5.31. The molecule has 0 fully saturated rings. The van der Waals surface area contributed by atoms with Crippen molar-refractivity contribution in [3.05, 3.63) is 47.2 Å². The van der Waals surface area contributed by atoms with E-state index in [2.05, 4.69) is 5.32 Å². The van der Waals surface area contributed by atoms with Crippen molar-refractivity contribution in [3.8, 4) is 5.75 Å². The molecule has 3 atom stereocenters. The van der Waals surface area contributed by atoms with E-state index in [0.29, 0.717) is 11.1 Å². The first-order chi connectivity index (χ1) is 13.2. The molecule has 0 aliphatic carbocycles. The standard InChI is InChI=1S/C17H18N4O6S.Na/c1-8-2-4-10-13(14(8)27-17(19)24)20-15(28(25)26)11-6-9(3-5-12(18)22)7-21(11)16(10)23;/h2-5,7,11,15,20H,6H2,1H3,(H2,18,22)(H2,19,24)(H,25,26);/q;+1/b5-3+;. The molecule has 1 aromatic carbocycles. The number of hydrogen-bond acceptors (Lipinski definition) is 6. The molecule has 0 radical (unpaired) electrons. The van der Waals surface area contributed by atoms with E-state index in [-0.39, 0.29) is 53.0 Å². The predicted molar refractivity (Wildman–Crippen MR) is 101 cm³/mol. The normalized spacial score (nSPS) is 21.2. The first-order valence-corrected chi connectivity index (χ1v) is 9.34. The van der Waals surface area contributed by atoms with Crippen LogP contribution in [0.15, 0.2) is 36.1 Å². The van der Waals surface area contributed by atoms with Gasteiger partial charge in [-0.15, -0.1) is 0 Å². The zero-order valence-corrected chi connectivity index (χ0v) is 18.6. The average molecular weight is 429 g/mol. The molecule has 1 aromatic rings. The predicted octanol–water partition coefficient (Wildman–Crippen LogP) is -2.43. The van der Waals surface area contributed by atoms with Gasteiger partial charge >= 0.3 is 35.7 Å². The number of amides is 3. The van der Waals surface area contributed by atoms with Gasteiger partial charge in [0.25, 0.3) is 5.91 Å². The van der Waals surface area contributed by atoms with E-state index in [9.17, 15) is 23.1 Å². The molecule has 3 rings (SSSR count). The first kappa shape index (κ1) is 23.1. The van der Waals surface area contributed by atoms with Crippen molar-refractivity contribution < 1.29 is 57.4 Å². The molecule has 29 heavy (non-hydrogen) atoms. The minimum atomic E-state index is -2.38. The Morgan fingerprint density at radius 2 is 2.07 bits per heavy atom. The van der Waals surface area contributed by atoms with Gasteiger partial charge in [-0.2, -0.15) is 0 Å². The zero-order chi connectivity index (χ0) is 20.6. The molecule has 0 saturated carbocycles. The van der Waals surface area contributed by atoms with Crippen molar-refractivity contribution in [2.45, 2.75) is 24.8 Å². The fourth-order valence-corrected chi connectivity index (χ4v) is 3.95. The number of nitrogens with two attached hydrogens (primary N) is 2. The van der Waals surface area contributed by atoms with Crippen LogP contribution in [0.5, 0.6) is 5.75 Å². The third-order valence-electron chi connectivity index (χ3n) is 4.44. The number of nitrogens with zero attached hydrogens (tertiary/aromatic N) is 1. The summed E-state index contributed by atoms with van der Waals surface area (Å²) in [5.41, 5.74) is 11.6. The van der Waals surface area contributed by atoms with Crippen molar-refractivity contribution in [2.75, 3.05) is 5.32 Å². The minimum absolute atomic E-state index is 0. The number of carbonyl (C=O) groups is 3. The number of aryl methyl sites for hydroxylation is 1. The summed E-state index contributed by atoms with van der Waals surface area (Å²) in [7, 11) is 0. The molecular formula is C17H18N4NaO6S+. The van der Waals surface area contributed by atoms with Crippen LogP contribution in [0.3, 0.4) is 0 Å². The second-order valence-corrected chi connectivity index (χ2v) is 7.38. The Balaban J connectivity index is 0.00000300. The van der Waals surface area contributed by atoms with E-state index >= 15 is 0 Å². The maximum Gasteiger partial charge on any atom is 1.00 e. The molecule has 0 saturated heterocycles. The SMILES string of the molecule is Cc1ccc2c(c1OC(N)=O)NC(S(=O)O)C1CC(/C=C/C(N)=O)=CN1C2=O.[Na+]. The topological polar surface area (TPSA) is 165 Å². The molecule has 0 spiro atoms. The number of hydrogen-bond donors (Lipinski definition) is 4. The van der Waals surface area contributed by atoms with E-state index in [0.717, 1.165) is 6.08 Å². The zero-order valence-electron chi connectivity index (χ0n) is 15.7. The number of anilines is 1. The number of carbonyl (C=O) groups excluding carboxylic acids is 3. The number of ether oxygens (including phenoxy) is 1. The summed E-state index contributed by atoms with van der Waals surface area (Å²) in [6, 6.07) is 2.40. The van der Waals surface area contributed by atoms with E-state index in [1.54, 1.807) is 13.0 Å². The van der Waals surface area contributed by atoms with Crippen LogP contribution in [-0.4, -0.2) is 43.0 Å². The Kier molecular flexibility index (Phi) is 7.25. The number of rotatable bonds is 4. The molecular weight excluding hydrogens is 411 g/mol. The van der Waals surface area contributed by atoms with Gasteiger partial charge in [-0.1, -0.05) is 12.1 Å². The molecule has 12 heteroatoms. The first-order valence-electron chi connectivity index (χ1n) is 8.17. The van der Waals surface area contributed by atoms with Gasteiger partial charge < -0.3 is 31.0 Å². The van der Waals surface area contributed by atoms with Crippen LogP contribution in [0.4, 0.5) is 10.5 Å². The number of nitrogens with one attached hydrogen (secondary N) is 1. The van der Waals surface area contributed by atoms with Gasteiger partial charge in [-0.3, -0.25) is 9.59 Å². The number of allylic oxidation sites excluding steroid dienone is 1. The van der Waals surface area contributed by atoms with Gasteiger partial charge in [0.1, 0.15) is 5.37 Å². The quantitative estimate of drug-likeness (QED) is 0.235. The third kappa shape index (κ3) is 4.70. The Hall–Kier alpha value is -2.18. The van der Waals surface area contributed by atoms with E-state index in [1.807, 2.05) is 0 Å². The van der Waals surface area contributed by atoms with Gasteiger partial charge in [0.2, 0.25) is 5.91 Å². The largest absolute Gasteiger partial charge is 1.00 e. The van der Waals surface area contributed by atoms with Crippen molar-refractivity contribution in [1.82, 2.24) is 4.90 Å². The van der Waals surface area contributed by atoms with Crippen molar-refractivity contribution in [3.63, 3.8) is 0 Å². The Morgan fingerprint density at radius 3 is 2.66 bits per heavy atom. The fourth-order valence-electron chi connectivity index (χ4n) is 3.23. The van der Waals surface area contributed by atoms with Gasteiger partial charge in [0.15, 0.2) is 16.8 Å². The molecule has 6 N–H and O–H groups in total. The maximum atomic E-state index is 13.1. The summed E-state index contributed by atoms with van der Waals surface area (Å²) >= 11 is -2.38. The van der Waals surface area contributed by atoms with Crippen LogP contribution in [0.2, 0.25) is 0 Å². The molecule has 3 unspecified atom stereocenters. The molecule has 2 heterocycles. The monoisotopic (exact) mass is 429 g/mol. The van der Waals surface area contributed by atoms with Crippen LogP contribution >= 0.6 is 0 Å². The fraction of sp³-hybridized carbons (Fsp3) is 0.235. The molecule has 10 nitrogen and oxygen atoms in total. The van der Waals surface area contributed by atoms with Gasteiger partial charge in [-0.25, -0.2) is 9.00 Å². The van der Waals surface area contributed by atoms with Crippen molar-refractivity contribution in [1.29, 1.82) is 0 Å². The Labute approximate surface area is 190 Å². The molecule has 2 aliphatic rings. The van der Waals surface area contributed by atoms with E-state index in [1.165, 1.54) is 23.2 Å². The molecule has 148 valence electrons. The minimum Gasteiger partial charge on any atom is -0.408 e. The second-order valence-electron chi connectivity index (χ2n) is 6.32. The summed E-state index contributed by atoms with van der Waals surface area (Å²) in [4.78, 5) is 36.6. The van der Waals surface area contributed by atoms with Crippen LogP contribution in [0, 0.1) is 6.92 Å².